The summed E-state index contributed by atoms with van der Waals surface area (Å²) in [7, 11) is 0. The van der Waals surface area contributed by atoms with E-state index in [9.17, 15) is 5.11 Å². The van der Waals surface area contributed by atoms with Crippen LogP contribution in [0.15, 0.2) is 18.2 Å². The summed E-state index contributed by atoms with van der Waals surface area (Å²) < 4.78 is 0. The average molecular weight is 262 g/mol. The third-order valence-corrected chi connectivity index (χ3v) is 3.38. The van der Waals surface area contributed by atoms with Gasteiger partial charge in [-0.2, -0.15) is 0 Å². The second kappa shape index (κ2) is 5.87. The fourth-order valence-electron chi connectivity index (χ4n) is 1.74. The highest BCUT2D eigenvalue weighted by Crippen LogP contribution is 2.33. The van der Waals surface area contributed by atoms with Gasteiger partial charge in [-0.15, -0.1) is 0 Å². The third kappa shape index (κ3) is 3.11. The lowest BCUT2D eigenvalue weighted by Crippen LogP contribution is -2.26. The molecule has 0 fully saturated rings. The van der Waals surface area contributed by atoms with Crippen molar-refractivity contribution < 1.29 is 5.11 Å². The van der Waals surface area contributed by atoms with Crippen LogP contribution < -0.4 is 5.73 Å². The Morgan fingerprint density at radius 2 is 1.94 bits per heavy atom. The molecule has 1 rings (SSSR count). The number of hydrogen-bond donors (Lipinski definition) is 2. The molecule has 0 heterocycles. The molecule has 0 aromatic heterocycles. The molecule has 0 aliphatic rings. The van der Waals surface area contributed by atoms with E-state index >= 15 is 0 Å². The standard InChI is InChI=1S/C12H17Cl2NO/c1-7(2)10(6-15)12(16)9-4-3-8(13)5-11(9)14/h3-5,7,10,12,16H,6,15H2,1-2H3. The third-order valence-electron chi connectivity index (χ3n) is 2.82. The van der Waals surface area contributed by atoms with Crippen LogP contribution in [-0.2, 0) is 0 Å². The van der Waals surface area contributed by atoms with Crippen LogP contribution in [0, 0.1) is 11.8 Å². The van der Waals surface area contributed by atoms with E-state index < -0.39 is 6.10 Å². The molecule has 0 aliphatic carbocycles. The molecule has 3 N–H and O–H groups in total. The zero-order chi connectivity index (χ0) is 12.3. The van der Waals surface area contributed by atoms with E-state index in [0.717, 1.165) is 0 Å². The zero-order valence-electron chi connectivity index (χ0n) is 9.45. The van der Waals surface area contributed by atoms with Crippen LogP contribution in [0.25, 0.3) is 0 Å². The van der Waals surface area contributed by atoms with Crippen LogP contribution in [0.1, 0.15) is 25.5 Å². The molecule has 0 spiro atoms. The number of hydrogen-bond acceptors (Lipinski definition) is 2. The largest absolute Gasteiger partial charge is 0.388 e. The first-order valence-electron chi connectivity index (χ1n) is 5.30. The summed E-state index contributed by atoms with van der Waals surface area (Å²) >= 11 is 11.9. The van der Waals surface area contributed by atoms with Gasteiger partial charge in [-0.1, -0.05) is 43.1 Å². The van der Waals surface area contributed by atoms with Crippen LogP contribution in [0.3, 0.4) is 0 Å². The van der Waals surface area contributed by atoms with Crippen molar-refractivity contribution in [1.82, 2.24) is 0 Å². The van der Waals surface area contributed by atoms with Gasteiger partial charge >= 0.3 is 0 Å². The highest BCUT2D eigenvalue weighted by molar-refractivity contribution is 6.35. The van der Waals surface area contributed by atoms with Crippen molar-refractivity contribution in [3.8, 4) is 0 Å². The summed E-state index contributed by atoms with van der Waals surface area (Å²) in [5, 5.41) is 11.3. The van der Waals surface area contributed by atoms with Gasteiger partial charge in [0, 0.05) is 16.0 Å². The summed E-state index contributed by atoms with van der Waals surface area (Å²) in [6.07, 6.45) is -0.644. The minimum absolute atomic E-state index is 0.00123. The first kappa shape index (κ1) is 13.8. The molecule has 2 atom stereocenters. The highest BCUT2D eigenvalue weighted by Gasteiger charge is 2.24. The van der Waals surface area contributed by atoms with E-state index in [1.54, 1.807) is 18.2 Å². The predicted octanol–water partition coefficient (Wildman–Crippen LogP) is 3.26. The summed E-state index contributed by atoms with van der Waals surface area (Å²) in [6, 6.07) is 5.11. The van der Waals surface area contributed by atoms with E-state index in [-0.39, 0.29) is 5.92 Å². The van der Waals surface area contributed by atoms with Gasteiger partial charge in [0.15, 0.2) is 0 Å². The topological polar surface area (TPSA) is 46.2 Å². The van der Waals surface area contributed by atoms with Crippen molar-refractivity contribution in [2.45, 2.75) is 20.0 Å². The molecule has 2 nitrogen and oxygen atoms in total. The lowest BCUT2D eigenvalue weighted by Gasteiger charge is -2.25. The number of rotatable bonds is 4. The normalized spacial score (nSPS) is 15.2. The molecular weight excluding hydrogens is 245 g/mol. The Morgan fingerprint density at radius 1 is 1.31 bits per heavy atom. The van der Waals surface area contributed by atoms with Crippen LogP contribution in [0.2, 0.25) is 10.0 Å². The Labute approximate surface area is 106 Å². The van der Waals surface area contributed by atoms with Crippen molar-refractivity contribution in [2.24, 2.45) is 17.6 Å². The van der Waals surface area contributed by atoms with E-state index in [1.807, 2.05) is 13.8 Å². The lowest BCUT2D eigenvalue weighted by molar-refractivity contribution is 0.0862. The predicted molar refractivity (Wildman–Crippen MR) is 68.8 cm³/mol. The Morgan fingerprint density at radius 3 is 2.38 bits per heavy atom. The second-order valence-corrected chi connectivity index (χ2v) is 5.10. The molecule has 4 heteroatoms. The van der Waals surface area contributed by atoms with Gasteiger partial charge in [0.2, 0.25) is 0 Å². The van der Waals surface area contributed by atoms with E-state index in [2.05, 4.69) is 0 Å². The average Bonchev–Trinajstić information content (AvgIpc) is 2.17. The summed E-state index contributed by atoms with van der Waals surface area (Å²) in [5.74, 6) is 0.297. The molecule has 0 aliphatic heterocycles. The van der Waals surface area contributed by atoms with Crippen LogP contribution >= 0.6 is 23.2 Å². The molecular formula is C12H17Cl2NO. The number of aliphatic hydroxyl groups excluding tert-OH is 1. The molecule has 1 aromatic rings. The van der Waals surface area contributed by atoms with Crippen LogP contribution in [0.5, 0.6) is 0 Å². The molecule has 0 bridgehead atoms. The number of nitrogens with two attached hydrogens (primary N) is 1. The van der Waals surface area contributed by atoms with Crippen LogP contribution in [-0.4, -0.2) is 11.7 Å². The van der Waals surface area contributed by atoms with Crippen molar-refractivity contribution in [3.63, 3.8) is 0 Å². The SMILES string of the molecule is CC(C)C(CN)C(O)c1ccc(Cl)cc1Cl. The monoisotopic (exact) mass is 261 g/mol. The Kier molecular flexibility index (Phi) is 5.06. The van der Waals surface area contributed by atoms with E-state index in [4.69, 9.17) is 28.9 Å². The maximum Gasteiger partial charge on any atom is 0.0847 e. The molecule has 16 heavy (non-hydrogen) atoms. The zero-order valence-corrected chi connectivity index (χ0v) is 11.0. The fourth-order valence-corrected chi connectivity index (χ4v) is 2.26. The summed E-state index contributed by atoms with van der Waals surface area (Å²) in [6.45, 7) is 4.49. The van der Waals surface area contributed by atoms with Gasteiger partial charge in [0.1, 0.15) is 0 Å². The Balaban J connectivity index is 2.99. The second-order valence-electron chi connectivity index (χ2n) is 4.25. The quantitative estimate of drug-likeness (QED) is 0.874. The summed E-state index contributed by atoms with van der Waals surface area (Å²) in [5.41, 5.74) is 6.35. The van der Waals surface area contributed by atoms with Gasteiger partial charge in [-0.05, 0) is 30.2 Å². The molecule has 90 valence electrons. The molecule has 0 radical (unpaired) electrons. The van der Waals surface area contributed by atoms with Gasteiger partial charge in [0.25, 0.3) is 0 Å². The van der Waals surface area contributed by atoms with E-state index in [1.165, 1.54) is 0 Å². The van der Waals surface area contributed by atoms with Crippen molar-refractivity contribution >= 4 is 23.2 Å². The van der Waals surface area contributed by atoms with Crippen molar-refractivity contribution in [1.29, 1.82) is 0 Å². The highest BCUT2D eigenvalue weighted by atomic mass is 35.5. The minimum atomic E-state index is -0.644. The van der Waals surface area contributed by atoms with Gasteiger partial charge < -0.3 is 10.8 Å². The maximum absolute atomic E-state index is 10.2. The molecule has 0 saturated heterocycles. The van der Waals surface area contributed by atoms with Crippen molar-refractivity contribution in [2.75, 3.05) is 6.54 Å². The molecule has 2 unspecified atom stereocenters. The number of halogens is 2. The minimum Gasteiger partial charge on any atom is -0.388 e. The van der Waals surface area contributed by atoms with Crippen LogP contribution in [0.4, 0.5) is 0 Å². The van der Waals surface area contributed by atoms with Crippen molar-refractivity contribution in [3.05, 3.63) is 33.8 Å². The number of benzene rings is 1. The lowest BCUT2D eigenvalue weighted by atomic mass is 9.86. The molecule has 0 amide bonds. The van der Waals surface area contributed by atoms with E-state index in [0.29, 0.717) is 28.1 Å². The Bertz CT molecular complexity index is 355. The molecule has 1 aromatic carbocycles. The van der Waals surface area contributed by atoms with Gasteiger partial charge in [0.05, 0.1) is 6.10 Å². The fraction of sp³-hybridized carbons (Fsp3) is 0.500. The summed E-state index contributed by atoms with van der Waals surface area (Å²) in [4.78, 5) is 0. The smallest absolute Gasteiger partial charge is 0.0847 e. The first-order chi connectivity index (χ1) is 7.47. The first-order valence-corrected chi connectivity index (χ1v) is 6.06. The Hall–Kier alpha value is -0.280. The molecule has 0 saturated carbocycles. The van der Waals surface area contributed by atoms with Gasteiger partial charge in [-0.25, -0.2) is 0 Å². The van der Waals surface area contributed by atoms with Gasteiger partial charge in [-0.3, -0.25) is 0 Å². The maximum atomic E-state index is 10.2. The number of aliphatic hydroxyl groups is 1.